The van der Waals surface area contributed by atoms with Crippen molar-refractivity contribution in [2.24, 2.45) is 11.8 Å². The molecule has 1 saturated carbocycles. The standard InChI is InChI=1S/C23H25N5O/c29-23-8-16-12-27(13-17-9-25-20-10-24-6-5-18(17)20)11-15(16)7-22(23)28-14-26-19-3-1-2-4-21(19)28/h1-6,9-10,14-16,22-23,25,29H,7-8,11-13H2/t15-,16+,22-,23-/m1/s1. The Kier molecular flexibility index (Phi) is 3.96. The summed E-state index contributed by atoms with van der Waals surface area (Å²) in [6.07, 6.45) is 9.35. The Morgan fingerprint density at radius 2 is 1.97 bits per heavy atom. The van der Waals surface area contributed by atoms with Crippen LogP contribution in [0, 0.1) is 11.8 Å². The van der Waals surface area contributed by atoms with E-state index in [1.807, 2.05) is 36.9 Å². The summed E-state index contributed by atoms with van der Waals surface area (Å²) < 4.78 is 2.20. The van der Waals surface area contributed by atoms with E-state index in [1.165, 1.54) is 10.9 Å². The topological polar surface area (TPSA) is 70.0 Å². The van der Waals surface area contributed by atoms with Crippen molar-refractivity contribution < 1.29 is 5.11 Å². The zero-order valence-corrected chi connectivity index (χ0v) is 16.3. The Balaban J connectivity index is 1.22. The van der Waals surface area contributed by atoms with E-state index in [0.29, 0.717) is 11.8 Å². The second-order valence-corrected chi connectivity index (χ2v) is 8.70. The molecule has 148 valence electrons. The molecule has 1 saturated heterocycles. The number of benzene rings is 1. The van der Waals surface area contributed by atoms with Crippen molar-refractivity contribution in [3.8, 4) is 0 Å². The number of aliphatic hydroxyl groups is 1. The number of fused-ring (bicyclic) bond motifs is 3. The quantitative estimate of drug-likeness (QED) is 0.566. The molecule has 4 aromatic rings. The first-order valence-electron chi connectivity index (χ1n) is 10.5. The highest BCUT2D eigenvalue weighted by Crippen LogP contribution is 2.42. The van der Waals surface area contributed by atoms with Gasteiger partial charge in [0, 0.05) is 37.4 Å². The predicted octanol–water partition coefficient (Wildman–Crippen LogP) is 3.36. The molecule has 0 amide bonds. The first-order chi connectivity index (χ1) is 14.3. The lowest BCUT2D eigenvalue weighted by atomic mass is 9.77. The minimum absolute atomic E-state index is 0.114. The fourth-order valence-corrected chi connectivity index (χ4v) is 5.58. The van der Waals surface area contributed by atoms with Crippen molar-refractivity contribution in [2.75, 3.05) is 13.1 Å². The van der Waals surface area contributed by atoms with Gasteiger partial charge in [-0.2, -0.15) is 0 Å². The van der Waals surface area contributed by atoms with Crippen LogP contribution in [0.3, 0.4) is 0 Å². The molecule has 3 aromatic heterocycles. The highest BCUT2D eigenvalue weighted by Gasteiger charge is 2.42. The number of aromatic amines is 1. The molecule has 0 spiro atoms. The molecule has 4 atom stereocenters. The van der Waals surface area contributed by atoms with Crippen LogP contribution in [-0.4, -0.2) is 48.7 Å². The maximum atomic E-state index is 11.0. The number of hydrogen-bond acceptors (Lipinski definition) is 4. The molecular weight excluding hydrogens is 362 g/mol. The number of imidazole rings is 1. The third kappa shape index (κ3) is 2.86. The Labute approximate surface area is 169 Å². The summed E-state index contributed by atoms with van der Waals surface area (Å²) >= 11 is 0. The van der Waals surface area contributed by atoms with Crippen molar-refractivity contribution in [3.63, 3.8) is 0 Å². The van der Waals surface area contributed by atoms with Crippen LogP contribution < -0.4 is 0 Å². The monoisotopic (exact) mass is 387 g/mol. The van der Waals surface area contributed by atoms with E-state index >= 15 is 0 Å². The Bertz CT molecular complexity index is 1160. The molecule has 1 aromatic carbocycles. The molecule has 2 fully saturated rings. The van der Waals surface area contributed by atoms with Gasteiger partial charge in [-0.25, -0.2) is 4.98 Å². The predicted molar refractivity (Wildman–Crippen MR) is 112 cm³/mol. The lowest BCUT2D eigenvalue weighted by Crippen LogP contribution is -2.36. The zero-order valence-electron chi connectivity index (χ0n) is 16.3. The average Bonchev–Trinajstić information content (AvgIpc) is 3.44. The smallest absolute Gasteiger partial charge is 0.0961 e. The summed E-state index contributed by atoms with van der Waals surface area (Å²) in [5, 5.41) is 12.2. The van der Waals surface area contributed by atoms with Crippen LogP contribution in [0.4, 0.5) is 0 Å². The summed E-state index contributed by atoms with van der Waals surface area (Å²) in [4.78, 5) is 14.6. The molecular formula is C23H25N5O. The largest absolute Gasteiger partial charge is 0.391 e. The third-order valence-electron chi connectivity index (χ3n) is 6.99. The first kappa shape index (κ1) is 17.2. The molecule has 1 aliphatic carbocycles. The minimum atomic E-state index is -0.312. The number of aromatic nitrogens is 4. The van der Waals surface area contributed by atoms with Gasteiger partial charge in [-0.3, -0.25) is 9.88 Å². The van der Waals surface area contributed by atoms with Crippen LogP contribution in [0.2, 0.25) is 0 Å². The van der Waals surface area contributed by atoms with Gasteiger partial charge in [-0.1, -0.05) is 12.1 Å². The fraction of sp³-hybridized carbons (Fsp3) is 0.391. The number of hydrogen-bond donors (Lipinski definition) is 2. The van der Waals surface area contributed by atoms with Gasteiger partial charge >= 0.3 is 0 Å². The molecule has 6 rings (SSSR count). The number of pyridine rings is 1. The maximum Gasteiger partial charge on any atom is 0.0961 e. The van der Waals surface area contributed by atoms with Crippen molar-refractivity contribution in [2.45, 2.75) is 31.5 Å². The average molecular weight is 387 g/mol. The van der Waals surface area contributed by atoms with Gasteiger partial charge in [0.1, 0.15) is 0 Å². The molecule has 4 heterocycles. The molecule has 29 heavy (non-hydrogen) atoms. The number of likely N-dealkylation sites (tertiary alicyclic amines) is 1. The van der Waals surface area contributed by atoms with Crippen molar-refractivity contribution in [1.29, 1.82) is 0 Å². The van der Waals surface area contributed by atoms with E-state index in [1.54, 1.807) is 0 Å². The van der Waals surface area contributed by atoms with Crippen LogP contribution in [0.5, 0.6) is 0 Å². The van der Waals surface area contributed by atoms with Crippen LogP contribution in [-0.2, 0) is 6.54 Å². The summed E-state index contributed by atoms with van der Waals surface area (Å²) in [7, 11) is 0. The van der Waals surface area contributed by atoms with E-state index in [-0.39, 0.29) is 12.1 Å². The molecule has 0 bridgehead atoms. The summed E-state index contributed by atoms with van der Waals surface area (Å²) in [5.74, 6) is 1.19. The summed E-state index contributed by atoms with van der Waals surface area (Å²) in [6, 6.07) is 10.4. The van der Waals surface area contributed by atoms with Crippen molar-refractivity contribution >= 4 is 21.9 Å². The number of aliphatic hydroxyl groups excluding tert-OH is 1. The van der Waals surface area contributed by atoms with E-state index in [4.69, 9.17) is 0 Å². The Hall–Kier alpha value is -2.70. The second-order valence-electron chi connectivity index (χ2n) is 8.70. The molecule has 2 N–H and O–H groups in total. The van der Waals surface area contributed by atoms with Gasteiger partial charge in [0.05, 0.1) is 41.2 Å². The highest BCUT2D eigenvalue weighted by atomic mass is 16.3. The van der Waals surface area contributed by atoms with Crippen molar-refractivity contribution in [1.82, 2.24) is 24.4 Å². The SMILES string of the molecule is O[C@@H]1C[C@H]2CN(Cc3c[nH]c4cnccc34)C[C@H]2C[C@H]1n1cnc2ccccc21. The summed E-state index contributed by atoms with van der Waals surface area (Å²) in [5.41, 5.74) is 4.56. The Morgan fingerprint density at radius 1 is 1.10 bits per heavy atom. The van der Waals surface area contributed by atoms with Crippen molar-refractivity contribution in [3.05, 3.63) is 60.8 Å². The molecule has 0 unspecified atom stereocenters. The molecule has 6 heteroatoms. The number of nitrogens with one attached hydrogen (secondary N) is 1. The number of H-pyrrole nitrogens is 1. The summed E-state index contributed by atoms with van der Waals surface area (Å²) in [6.45, 7) is 3.11. The number of nitrogens with zero attached hydrogens (tertiary/aromatic N) is 4. The van der Waals surface area contributed by atoms with Gasteiger partial charge in [0.2, 0.25) is 0 Å². The zero-order chi connectivity index (χ0) is 19.4. The van der Waals surface area contributed by atoms with Gasteiger partial charge in [0.25, 0.3) is 0 Å². The van der Waals surface area contributed by atoms with Gasteiger partial charge in [0.15, 0.2) is 0 Å². The van der Waals surface area contributed by atoms with Crippen LogP contribution in [0.25, 0.3) is 21.9 Å². The van der Waals surface area contributed by atoms with E-state index < -0.39 is 0 Å². The minimum Gasteiger partial charge on any atom is -0.391 e. The van der Waals surface area contributed by atoms with Crippen LogP contribution in [0.1, 0.15) is 24.4 Å². The Morgan fingerprint density at radius 3 is 2.90 bits per heavy atom. The highest BCUT2D eigenvalue weighted by molar-refractivity contribution is 5.82. The number of rotatable bonds is 3. The normalized spacial score (nSPS) is 27.6. The van der Waals surface area contributed by atoms with Crippen LogP contribution >= 0.6 is 0 Å². The fourth-order valence-electron chi connectivity index (χ4n) is 5.58. The first-order valence-corrected chi connectivity index (χ1v) is 10.5. The lowest BCUT2D eigenvalue weighted by Gasteiger charge is -2.36. The molecule has 1 aliphatic heterocycles. The van der Waals surface area contributed by atoms with Gasteiger partial charge in [-0.15, -0.1) is 0 Å². The van der Waals surface area contributed by atoms with Gasteiger partial charge in [-0.05, 0) is 48.4 Å². The molecule has 6 nitrogen and oxygen atoms in total. The van der Waals surface area contributed by atoms with E-state index in [2.05, 4.69) is 42.7 Å². The number of para-hydroxylation sites is 2. The molecule has 2 aliphatic rings. The van der Waals surface area contributed by atoms with E-state index in [9.17, 15) is 5.11 Å². The van der Waals surface area contributed by atoms with Crippen LogP contribution in [0.15, 0.2) is 55.2 Å². The van der Waals surface area contributed by atoms with Gasteiger partial charge < -0.3 is 14.7 Å². The second kappa shape index (κ2) is 6.68. The lowest BCUT2D eigenvalue weighted by molar-refractivity contribution is 0.0374. The third-order valence-corrected chi connectivity index (χ3v) is 6.99. The maximum absolute atomic E-state index is 11.0. The van der Waals surface area contributed by atoms with E-state index in [0.717, 1.165) is 49.0 Å². The molecule has 0 radical (unpaired) electrons.